The Morgan fingerprint density at radius 3 is 3.30 bits per heavy atom. The summed E-state index contributed by atoms with van der Waals surface area (Å²) in [6.07, 6.45) is 9.20. The predicted octanol–water partition coefficient (Wildman–Crippen LogP) is 2.76. The minimum Gasteiger partial charge on any atom is -0.103 e. The molecule has 0 saturated carbocycles. The molecule has 1 atom stereocenters. The molecule has 0 heterocycles. The van der Waals surface area contributed by atoms with Gasteiger partial charge in [-0.25, -0.2) is 0 Å². The maximum atomic E-state index is 3.23. The Labute approximate surface area is 63.3 Å². The normalized spacial score (nSPS) is 27.5. The number of hydrogen-bond donors (Lipinski definition) is 0. The molecule has 0 fully saturated rings. The minimum atomic E-state index is 0.528. The minimum absolute atomic E-state index is 0.528. The second-order valence-electron chi connectivity index (χ2n) is 2.66. The average Bonchev–Trinajstić information content (AvgIpc) is 1.87. The van der Waals surface area contributed by atoms with Crippen molar-refractivity contribution in [2.45, 2.75) is 32.6 Å². The molecule has 1 rings (SSSR count). The van der Waals surface area contributed by atoms with E-state index < -0.39 is 0 Å². The maximum absolute atomic E-state index is 3.23. The first-order chi connectivity index (χ1) is 4.93. The molecule has 0 amide bonds. The summed E-state index contributed by atoms with van der Waals surface area (Å²) < 4.78 is 0. The number of rotatable bonds is 1. The first-order valence-corrected chi connectivity index (χ1v) is 4.08. The summed E-state index contributed by atoms with van der Waals surface area (Å²) in [6, 6.07) is 0. The Kier molecular flexibility index (Phi) is 3.09. The van der Waals surface area contributed by atoms with Gasteiger partial charge in [-0.3, -0.25) is 0 Å². The van der Waals surface area contributed by atoms with Gasteiger partial charge in [0.05, 0.1) is 0 Å². The number of hydrogen-bond acceptors (Lipinski definition) is 0. The molecule has 1 aliphatic carbocycles. The first-order valence-electron chi connectivity index (χ1n) is 4.08. The molecule has 0 radical (unpaired) electrons. The molecular weight excluding hydrogens is 120 g/mol. The van der Waals surface area contributed by atoms with Crippen molar-refractivity contribution in [2.75, 3.05) is 0 Å². The van der Waals surface area contributed by atoms with Gasteiger partial charge in [-0.05, 0) is 19.3 Å². The molecule has 0 aromatic heterocycles. The monoisotopic (exact) mass is 134 g/mol. The lowest BCUT2D eigenvalue weighted by Crippen LogP contribution is -1.90. The summed E-state index contributed by atoms with van der Waals surface area (Å²) in [5.74, 6) is 6.95. The van der Waals surface area contributed by atoms with Gasteiger partial charge in [0.25, 0.3) is 0 Å². The second-order valence-corrected chi connectivity index (χ2v) is 2.66. The van der Waals surface area contributed by atoms with E-state index in [0.29, 0.717) is 5.92 Å². The lowest BCUT2D eigenvalue weighted by Gasteiger charge is -2.01. The Bertz CT molecular complexity index is 166. The van der Waals surface area contributed by atoms with Gasteiger partial charge in [0.2, 0.25) is 0 Å². The molecule has 1 unspecified atom stereocenters. The third-order valence-electron chi connectivity index (χ3n) is 1.77. The highest BCUT2D eigenvalue weighted by molar-refractivity contribution is 5.12. The van der Waals surface area contributed by atoms with Crippen molar-refractivity contribution in [3.05, 3.63) is 12.2 Å². The molecule has 0 saturated heterocycles. The lowest BCUT2D eigenvalue weighted by molar-refractivity contribution is 0.776. The largest absolute Gasteiger partial charge is 0.103 e. The molecule has 0 aromatic rings. The Morgan fingerprint density at radius 1 is 1.60 bits per heavy atom. The third-order valence-corrected chi connectivity index (χ3v) is 1.77. The SMILES string of the molecule is CCC1C#CCCC/C=C\1. The summed E-state index contributed by atoms with van der Waals surface area (Å²) in [5.41, 5.74) is 0. The molecule has 10 heavy (non-hydrogen) atoms. The second kappa shape index (κ2) is 4.17. The van der Waals surface area contributed by atoms with Crippen LogP contribution in [0.2, 0.25) is 0 Å². The van der Waals surface area contributed by atoms with Crippen molar-refractivity contribution in [3.8, 4) is 11.8 Å². The molecule has 0 N–H and O–H groups in total. The Balaban J connectivity index is 2.52. The lowest BCUT2D eigenvalue weighted by atomic mass is 10.0. The quantitative estimate of drug-likeness (QED) is 0.382. The van der Waals surface area contributed by atoms with Gasteiger partial charge in [-0.2, -0.15) is 0 Å². The maximum Gasteiger partial charge on any atom is 0.0380 e. The molecule has 0 aromatic carbocycles. The third kappa shape index (κ3) is 2.27. The zero-order valence-corrected chi connectivity index (χ0v) is 6.56. The van der Waals surface area contributed by atoms with Crippen molar-refractivity contribution < 1.29 is 0 Å². The van der Waals surface area contributed by atoms with E-state index in [1.165, 1.54) is 12.8 Å². The predicted molar refractivity (Wildman–Crippen MR) is 44.5 cm³/mol. The molecule has 0 nitrogen and oxygen atoms in total. The topological polar surface area (TPSA) is 0 Å². The highest BCUT2D eigenvalue weighted by Crippen LogP contribution is 2.07. The van der Waals surface area contributed by atoms with Gasteiger partial charge in [0.1, 0.15) is 0 Å². The molecular formula is C10H14. The van der Waals surface area contributed by atoms with E-state index in [1.807, 2.05) is 0 Å². The highest BCUT2D eigenvalue weighted by Gasteiger charge is 1.95. The molecule has 0 bridgehead atoms. The van der Waals surface area contributed by atoms with Gasteiger partial charge >= 0.3 is 0 Å². The molecule has 0 spiro atoms. The highest BCUT2D eigenvalue weighted by atomic mass is 14.0. The zero-order chi connectivity index (χ0) is 7.23. The smallest absolute Gasteiger partial charge is 0.0380 e. The van der Waals surface area contributed by atoms with Gasteiger partial charge < -0.3 is 0 Å². The van der Waals surface area contributed by atoms with Crippen LogP contribution in [0.5, 0.6) is 0 Å². The van der Waals surface area contributed by atoms with Gasteiger partial charge in [0.15, 0.2) is 0 Å². The van der Waals surface area contributed by atoms with Crippen LogP contribution in [0.4, 0.5) is 0 Å². The van der Waals surface area contributed by atoms with E-state index in [9.17, 15) is 0 Å². The van der Waals surface area contributed by atoms with Crippen LogP contribution >= 0.6 is 0 Å². The summed E-state index contributed by atoms with van der Waals surface area (Å²) in [5, 5.41) is 0. The molecule has 0 heteroatoms. The van der Waals surface area contributed by atoms with Crippen molar-refractivity contribution >= 4 is 0 Å². The summed E-state index contributed by atoms with van der Waals surface area (Å²) in [7, 11) is 0. The number of allylic oxidation sites excluding steroid dienone is 2. The molecule has 54 valence electrons. The summed E-state index contributed by atoms with van der Waals surface area (Å²) >= 11 is 0. The van der Waals surface area contributed by atoms with Crippen LogP contribution in [0, 0.1) is 17.8 Å². The Morgan fingerprint density at radius 2 is 2.50 bits per heavy atom. The van der Waals surface area contributed by atoms with E-state index in [0.717, 1.165) is 12.8 Å². The summed E-state index contributed by atoms with van der Waals surface area (Å²) in [6.45, 7) is 2.19. The van der Waals surface area contributed by atoms with Crippen LogP contribution in [-0.2, 0) is 0 Å². The fourth-order valence-corrected chi connectivity index (χ4v) is 1.06. The van der Waals surface area contributed by atoms with Gasteiger partial charge in [0, 0.05) is 12.3 Å². The van der Waals surface area contributed by atoms with Crippen LogP contribution in [0.15, 0.2) is 12.2 Å². The molecule has 0 aliphatic heterocycles. The van der Waals surface area contributed by atoms with Crippen LogP contribution in [0.1, 0.15) is 32.6 Å². The van der Waals surface area contributed by atoms with E-state index in [4.69, 9.17) is 0 Å². The van der Waals surface area contributed by atoms with Crippen molar-refractivity contribution in [2.24, 2.45) is 5.92 Å². The standard InChI is InChI=1S/C10H14/c1-2-10-8-6-4-3-5-7-9-10/h6,8,10H,2-5H2,1H3/b8-6-. The van der Waals surface area contributed by atoms with Gasteiger partial charge in [-0.1, -0.05) is 25.0 Å². The van der Waals surface area contributed by atoms with Gasteiger partial charge in [-0.15, -0.1) is 5.92 Å². The van der Waals surface area contributed by atoms with Crippen LogP contribution < -0.4 is 0 Å². The van der Waals surface area contributed by atoms with Crippen LogP contribution in [-0.4, -0.2) is 0 Å². The summed E-state index contributed by atoms with van der Waals surface area (Å²) in [4.78, 5) is 0. The van der Waals surface area contributed by atoms with Crippen LogP contribution in [0.3, 0.4) is 0 Å². The Hall–Kier alpha value is -0.700. The van der Waals surface area contributed by atoms with E-state index in [2.05, 4.69) is 30.9 Å². The van der Waals surface area contributed by atoms with Crippen molar-refractivity contribution in [3.63, 3.8) is 0 Å². The first kappa shape index (κ1) is 7.41. The zero-order valence-electron chi connectivity index (χ0n) is 6.56. The average molecular weight is 134 g/mol. The van der Waals surface area contributed by atoms with Crippen molar-refractivity contribution in [1.82, 2.24) is 0 Å². The van der Waals surface area contributed by atoms with E-state index >= 15 is 0 Å². The van der Waals surface area contributed by atoms with Crippen molar-refractivity contribution in [1.29, 1.82) is 0 Å². The van der Waals surface area contributed by atoms with Crippen LogP contribution in [0.25, 0.3) is 0 Å². The molecule has 1 aliphatic rings. The fraction of sp³-hybridized carbons (Fsp3) is 0.600. The van der Waals surface area contributed by atoms with E-state index in [1.54, 1.807) is 0 Å². The van der Waals surface area contributed by atoms with E-state index in [-0.39, 0.29) is 0 Å². The fourth-order valence-electron chi connectivity index (χ4n) is 1.06.